The fraction of sp³-hybridized carbons (Fsp3) is 0.250. The number of benzene rings is 1. The summed E-state index contributed by atoms with van der Waals surface area (Å²) in [5, 5.41) is 0.140. The third kappa shape index (κ3) is 1.99. The van der Waals surface area contributed by atoms with Crippen molar-refractivity contribution in [1.29, 1.82) is 0 Å². The number of hydrogen-bond donors (Lipinski definition) is 2. The highest BCUT2D eigenvalue weighted by atomic mass is 32.1. The molecule has 1 amide bonds. The van der Waals surface area contributed by atoms with Crippen LogP contribution in [0.25, 0.3) is 10.9 Å². The number of nitrogens with zero attached hydrogens (tertiary/aromatic N) is 3. The van der Waals surface area contributed by atoms with Crippen molar-refractivity contribution >= 4 is 41.2 Å². The fourth-order valence-corrected chi connectivity index (χ4v) is 2.48. The van der Waals surface area contributed by atoms with Crippen molar-refractivity contribution in [3.63, 3.8) is 0 Å². The molecular weight excluding hydrogens is 267 g/mol. The number of anilines is 2. The summed E-state index contributed by atoms with van der Waals surface area (Å²) in [5.74, 6) is -0.331. The summed E-state index contributed by atoms with van der Waals surface area (Å²) in [6.07, 6.45) is 0.341. The van der Waals surface area contributed by atoms with Gasteiger partial charge in [0.15, 0.2) is 0 Å². The van der Waals surface area contributed by atoms with Crippen LogP contribution in [0.1, 0.15) is 6.42 Å². The Labute approximate surface area is 114 Å². The van der Waals surface area contributed by atoms with Crippen LogP contribution in [-0.4, -0.2) is 27.7 Å². The number of amides is 1. The van der Waals surface area contributed by atoms with E-state index < -0.39 is 5.82 Å². The van der Waals surface area contributed by atoms with E-state index in [1.54, 1.807) is 12.1 Å². The van der Waals surface area contributed by atoms with Gasteiger partial charge in [0.1, 0.15) is 11.6 Å². The number of nitrogen functional groups attached to an aromatic ring is 1. The van der Waals surface area contributed by atoms with Crippen LogP contribution in [0.3, 0.4) is 0 Å². The Hall–Kier alpha value is -1.89. The van der Waals surface area contributed by atoms with Gasteiger partial charge >= 0.3 is 0 Å². The quantitative estimate of drug-likeness (QED) is 0.773. The predicted molar refractivity (Wildman–Crippen MR) is 73.7 cm³/mol. The first kappa shape index (κ1) is 12.2. The SMILES string of the molecule is Nc1nc(N2CC(S)CC2=O)nc2cccc(F)c12. The number of fused-ring (bicyclic) bond motifs is 1. The van der Waals surface area contributed by atoms with Gasteiger partial charge in [-0.25, -0.2) is 9.37 Å². The first-order valence-electron chi connectivity index (χ1n) is 5.76. The van der Waals surface area contributed by atoms with Crippen LogP contribution < -0.4 is 10.6 Å². The highest BCUT2D eigenvalue weighted by Crippen LogP contribution is 2.26. The second-order valence-corrected chi connectivity index (χ2v) is 5.14. The summed E-state index contributed by atoms with van der Waals surface area (Å²) in [6, 6.07) is 4.48. The number of aromatic nitrogens is 2. The van der Waals surface area contributed by atoms with Crippen LogP contribution in [0.2, 0.25) is 0 Å². The number of halogens is 1. The van der Waals surface area contributed by atoms with Gasteiger partial charge in [0.25, 0.3) is 0 Å². The molecule has 2 N–H and O–H groups in total. The Balaban J connectivity index is 2.14. The van der Waals surface area contributed by atoms with Crippen molar-refractivity contribution in [3.05, 3.63) is 24.0 Å². The van der Waals surface area contributed by atoms with E-state index in [0.717, 1.165) is 0 Å². The van der Waals surface area contributed by atoms with E-state index in [0.29, 0.717) is 18.5 Å². The standard InChI is InChI=1S/C12H11FN4OS/c13-7-2-1-3-8-10(7)11(14)16-12(15-8)17-5-6(19)4-9(17)18/h1-3,6,19H,4-5H2,(H2,14,15,16). The van der Waals surface area contributed by atoms with Crippen LogP contribution >= 0.6 is 12.6 Å². The molecule has 5 nitrogen and oxygen atoms in total. The second-order valence-electron chi connectivity index (χ2n) is 4.41. The third-order valence-corrected chi connectivity index (χ3v) is 3.38. The van der Waals surface area contributed by atoms with Crippen LogP contribution in [0.4, 0.5) is 16.2 Å². The molecule has 3 rings (SSSR count). The van der Waals surface area contributed by atoms with Gasteiger partial charge in [0, 0.05) is 18.2 Å². The molecule has 1 saturated heterocycles. The third-order valence-electron chi connectivity index (χ3n) is 3.03. The molecule has 1 aromatic heterocycles. The van der Waals surface area contributed by atoms with Crippen molar-refractivity contribution < 1.29 is 9.18 Å². The minimum Gasteiger partial charge on any atom is -0.383 e. The average molecular weight is 278 g/mol. The molecule has 1 unspecified atom stereocenters. The maximum atomic E-state index is 13.6. The van der Waals surface area contributed by atoms with E-state index in [1.165, 1.54) is 11.0 Å². The molecule has 7 heteroatoms. The van der Waals surface area contributed by atoms with Gasteiger partial charge in [-0.3, -0.25) is 9.69 Å². The van der Waals surface area contributed by atoms with Crippen molar-refractivity contribution in [2.75, 3.05) is 17.2 Å². The molecule has 0 spiro atoms. The molecule has 1 aliphatic heterocycles. The van der Waals surface area contributed by atoms with Crippen LogP contribution in [0, 0.1) is 5.82 Å². The monoisotopic (exact) mass is 278 g/mol. The molecule has 0 saturated carbocycles. The van der Waals surface area contributed by atoms with Gasteiger partial charge < -0.3 is 5.73 Å². The van der Waals surface area contributed by atoms with Crippen LogP contribution in [-0.2, 0) is 4.79 Å². The minimum atomic E-state index is -0.471. The molecule has 0 bridgehead atoms. The Morgan fingerprint density at radius 1 is 1.42 bits per heavy atom. The minimum absolute atomic E-state index is 0.0357. The van der Waals surface area contributed by atoms with Crippen LogP contribution in [0.15, 0.2) is 18.2 Å². The van der Waals surface area contributed by atoms with E-state index in [1.807, 2.05) is 0 Å². The lowest BCUT2D eigenvalue weighted by Gasteiger charge is -2.15. The number of carbonyl (C=O) groups is 1. The number of carbonyl (C=O) groups excluding carboxylic acids is 1. The molecule has 19 heavy (non-hydrogen) atoms. The Morgan fingerprint density at radius 2 is 2.21 bits per heavy atom. The van der Waals surface area contributed by atoms with Crippen molar-refractivity contribution in [3.8, 4) is 0 Å². The predicted octanol–water partition coefficient (Wildman–Crippen LogP) is 1.39. The highest BCUT2D eigenvalue weighted by molar-refractivity contribution is 7.81. The lowest BCUT2D eigenvalue weighted by Crippen LogP contribution is -2.27. The van der Waals surface area contributed by atoms with E-state index in [-0.39, 0.29) is 28.3 Å². The maximum Gasteiger partial charge on any atom is 0.234 e. The van der Waals surface area contributed by atoms with Gasteiger partial charge in [0.05, 0.1) is 10.9 Å². The van der Waals surface area contributed by atoms with E-state index >= 15 is 0 Å². The lowest BCUT2D eigenvalue weighted by molar-refractivity contribution is -0.117. The summed E-state index contributed by atoms with van der Waals surface area (Å²) < 4.78 is 13.6. The van der Waals surface area contributed by atoms with Crippen LogP contribution in [0.5, 0.6) is 0 Å². The number of nitrogens with two attached hydrogens (primary N) is 1. The number of thiol groups is 1. The molecular formula is C12H11FN4OS. The summed E-state index contributed by atoms with van der Waals surface area (Å²) in [4.78, 5) is 21.4. The smallest absolute Gasteiger partial charge is 0.234 e. The van der Waals surface area contributed by atoms with Crippen molar-refractivity contribution in [2.24, 2.45) is 0 Å². The first-order valence-corrected chi connectivity index (χ1v) is 6.28. The largest absolute Gasteiger partial charge is 0.383 e. The lowest BCUT2D eigenvalue weighted by atomic mass is 10.2. The average Bonchev–Trinajstić information content (AvgIpc) is 2.68. The summed E-state index contributed by atoms with van der Waals surface area (Å²) in [7, 11) is 0. The summed E-state index contributed by atoms with van der Waals surface area (Å²) in [6.45, 7) is 0.433. The zero-order chi connectivity index (χ0) is 13.6. The number of hydrogen-bond acceptors (Lipinski definition) is 5. The molecule has 2 aromatic rings. The Morgan fingerprint density at radius 3 is 2.89 bits per heavy atom. The van der Waals surface area contributed by atoms with Gasteiger partial charge in [0.2, 0.25) is 11.9 Å². The second kappa shape index (κ2) is 4.34. The van der Waals surface area contributed by atoms with Gasteiger partial charge in [-0.1, -0.05) is 6.07 Å². The van der Waals surface area contributed by atoms with Crippen molar-refractivity contribution in [1.82, 2.24) is 9.97 Å². The zero-order valence-electron chi connectivity index (χ0n) is 9.88. The fourth-order valence-electron chi connectivity index (χ4n) is 2.16. The molecule has 2 heterocycles. The Kier molecular flexibility index (Phi) is 2.78. The molecule has 0 radical (unpaired) electrons. The molecule has 1 aliphatic rings. The maximum absolute atomic E-state index is 13.6. The topological polar surface area (TPSA) is 72.1 Å². The first-order chi connectivity index (χ1) is 9.06. The van der Waals surface area contributed by atoms with Gasteiger partial charge in [-0.05, 0) is 12.1 Å². The van der Waals surface area contributed by atoms with E-state index in [4.69, 9.17) is 5.73 Å². The normalized spacial score (nSPS) is 19.4. The van der Waals surface area contributed by atoms with Crippen molar-refractivity contribution in [2.45, 2.75) is 11.7 Å². The van der Waals surface area contributed by atoms with Gasteiger partial charge in [-0.15, -0.1) is 0 Å². The Bertz CT molecular complexity index is 678. The zero-order valence-corrected chi connectivity index (χ0v) is 10.8. The molecule has 1 atom stereocenters. The summed E-state index contributed by atoms with van der Waals surface area (Å²) >= 11 is 4.27. The molecule has 1 fully saturated rings. The van der Waals surface area contributed by atoms with E-state index in [9.17, 15) is 9.18 Å². The van der Waals surface area contributed by atoms with E-state index in [2.05, 4.69) is 22.6 Å². The molecule has 0 aliphatic carbocycles. The van der Waals surface area contributed by atoms with Gasteiger partial charge in [-0.2, -0.15) is 17.6 Å². The molecule has 98 valence electrons. The molecule has 1 aromatic carbocycles. The number of rotatable bonds is 1. The summed E-state index contributed by atoms with van der Waals surface area (Å²) in [5.41, 5.74) is 6.14. The highest BCUT2D eigenvalue weighted by Gasteiger charge is 2.30.